The van der Waals surface area contributed by atoms with Gasteiger partial charge < -0.3 is 14.7 Å². The van der Waals surface area contributed by atoms with E-state index in [0.717, 1.165) is 29.5 Å². The maximum atomic E-state index is 12.6. The van der Waals surface area contributed by atoms with Crippen LogP contribution in [0.15, 0.2) is 19.9 Å². The number of nitrogens with zero attached hydrogens (tertiary/aromatic N) is 2. The van der Waals surface area contributed by atoms with Crippen LogP contribution in [0.1, 0.15) is 18.4 Å². The van der Waals surface area contributed by atoms with E-state index in [2.05, 4.69) is 31.9 Å². The molecule has 0 radical (unpaired) electrons. The van der Waals surface area contributed by atoms with Gasteiger partial charge in [-0.25, -0.2) is 0 Å². The highest BCUT2D eigenvalue weighted by Gasteiger charge is 2.37. The molecule has 0 atom stereocenters. The maximum absolute atomic E-state index is 12.6. The summed E-state index contributed by atoms with van der Waals surface area (Å²) in [7, 11) is 1.41. The molecule has 1 N–H and O–H groups in total. The van der Waals surface area contributed by atoms with E-state index in [4.69, 9.17) is 4.74 Å². The predicted octanol–water partition coefficient (Wildman–Crippen LogP) is 3.58. The van der Waals surface area contributed by atoms with E-state index in [0.29, 0.717) is 27.6 Å². The maximum Gasteiger partial charge on any atom is 0.294 e. The fraction of sp³-hybridized carbons (Fsp3) is 0.353. The minimum Gasteiger partial charge on any atom is -0.503 e. The standard InChI is InChI=1S/C17H16Br2N2O5S/c1-26-10-6-9(13(18)14(19)15(10)23)7-11-16(24)21(17(25)27-11)8-12(22)20-4-2-3-5-20/h6-7,23H,2-5,8H2,1H3/b11-7-. The zero-order valence-corrected chi connectivity index (χ0v) is 18.3. The first kappa shape index (κ1) is 20.2. The summed E-state index contributed by atoms with van der Waals surface area (Å²) in [6.07, 6.45) is 3.42. The largest absolute Gasteiger partial charge is 0.503 e. The average Bonchev–Trinajstić information content (AvgIpc) is 3.27. The Morgan fingerprint density at radius 2 is 1.96 bits per heavy atom. The van der Waals surface area contributed by atoms with E-state index in [1.807, 2.05) is 0 Å². The number of aromatic hydroxyl groups is 1. The van der Waals surface area contributed by atoms with Crippen LogP contribution in [0.5, 0.6) is 11.5 Å². The van der Waals surface area contributed by atoms with Crippen LogP contribution in [0.2, 0.25) is 0 Å². The van der Waals surface area contributed by atoms with E-state index in [1.165, 1.54) is 13.2 Å². The van der Waals surface area contributed by atoms with Crippen LogP contribution in [0, 0.1) is 0 Å². The summed E-state index contributed by atoms with van der Waals surface area (Å²) in [5.41, 5.74) is 0.549. The lowest BCUT2D eigenvalue weighted by Gasteiger charge is -2.18. The van der Waals surface area contributed by atoms with Crippen LogP contribution in [0.4, 0.5) is 4.79 Å². The summed E-state index contributed by atoms with van der Waals surface area (Å²) >= 11 is 7.39. The van der Waals surface area contributed by atoms with Crippen LogP contribution in [0.3, 0.4) is 0 Å². The molecule has 0 aromatic heterocycles. The third-order valence-electron chi connectivity index (χ3n) is 4.31. The van der Waals surface area contributed by atoms with Crippen molar-refractivity contribution in [2.24, 2.45) is 0 Å². The van der Waals surface area contributed by atoms with Gasteiger partial charge in [0.05, 0.1) is 16.5 Å². The van der Waals surface area contributed by atoms with Gasteiger partial charge in [0.2, 0.25) is 5.91 Å². The molecule has 0 aliphatic carbocycles. The summed E-state index contributed by atoms with van der Waals surface area (Å²) in [5.74, 6) is -0.579. The summed E-state index contributed by atoms with van der Waals surface area (Å²) in [4.78, 5) is 40.0. The fourth-order valence-electron chi connectivity index (χ4n) is 2.85. The van der Waals surface area contributed by atoms with Crippen molar-refractivity contribution in [1.29, 1.82) is 0 Å². The van der Waals surface area contributed by atoms with Crippen LogP contribution >= 0.6 is 43.6 Å². The molecule has 27 heavy (non-hydrogen) atoms. The third kappa shape index (κ3) is 4.02. The van der Waals surface area contributed by atoms with E-state index in [1.54, 1.807) is 11.0 Å². The Hall–Kier alpha value is -1.52. The van der Waals surface area contributed by atoms with Crippen molar-refractivity contribution in [3.05, 3.63) is 25.5 Å². The number of ether oxygens (including phenoxy) is 1. The van der Waals surface area contributed by atoms with Gasteiger partial charge in [-0.2, -0.15) is 0 Å². The number of rotatable bonds is 4. The van der Waals surface area contributed by atoms with Gasteiger partial charge in [0.1, 0.15) is 6.54 Å². The van der Waals surface area contributed by atoms with Gasteiger partial charge in [0.15, 0.2) is 11.5 Å². The van der Waals surface area contributed by atoms with E-state index in [-0.39, 0.29) is 28.9 Å². The Labute approximate surface area is 177 Å². The number of phenols is 1. The van der Waals surface area contributed by atoms with Crippen LogP contribution < -0.4 is 4.74 Å². The molecule has 1 aromatic carbocycles. The molecule has 10 heteroatoms. The number of thioether (sulfide) groups is 1. The lowest BCUT2D eigenvalue weighted by molar-refractivity contribution is -0.135. The first-order valence-electron chi connectivity index (χ1n) is 8.11. The number of phenolic OH excluding ortho intramolecular Hbond substituents is 1. The topological polar surface area (TPSA) is 87.2 Å². The Bertz CT molecular complexity index is 852. The molecule has 0 bridgehead atoms. The van der Waals surface area contributed by atoms with Gasteiger partial charge >= 0.3 is 0 Å². The highest BCUT2D eigenvalue weighted by Crippen LogP contribution is 2.43. The number of methoxy groups -OCH3 is 1. The molecule has 2 saturated heterocycles. The van der Waals surface area contributed by atoms with Crippen molar-refractivity contribution >= 4 is 66.8 Å². The highest BCUT2D eigenvalue weighted by molar-refractivity contribution is 9.13. The van der Waals surface area contributed by atoms with Crippen molar-refractivity contribution < 1.29 is 24.2 Å². The summed E-state index contributed by atoms with van der Waals surface area (Å²) in [6, 6.07) is 1.55. The molecule has 2 aliphatic heterocycles. The number of amides is 3. The number of hydrogen-bond donors (Lipinski definition) is 1. The lowest BCUT2D eigenvalue weighted by Crippen LogP contribution is -2.40. The van der Waals surface area contributed by atoms with Crippen molar-refractivity contribution in [2.45, 2.75) is 12.8 Å². The average molecular weight is 520 g/mol. The van der Waals surface area contributed by atoms with Crippen LogP contribution in [-0.2, 0) is 9.59 Å². The monoisotopic (exact) mass is 518 g/mol. The minimum atomic E-state index is -0.507. The Morgan fingerprint density at radius 3 is 2.59 bits per heavy atom. The van der Waals surface area contributed by atoms with E-state index < -0.39 is 11.1 Å². The van der Waals surface area contributed by atoms with Crippen LogP contribution in [0.25, 0.3) is 6.08 Å². The van der Waals surface area contributed by atoms with Gasteiger partial charge in [0, 0.05) is 17.6 Å². The molecule has 2 fully saturated rings. The smallest absolute Gasteiger partial charge is 0.294 e. The summed E-state index contributed by atoms with van der Waals surface area (Å²) in [6.45, 7) is 1.09. The van der Waals surface area contributed by atoms with Gasteiger partial charge in [-0.15, -0.1) is 0 Å². The molecule has 2 heterocycles. The van der Waals surface area contributed by atoms with Gasteiger partial charge in [-0.1, -0.05) is 0 Å². The Balaban J connectivity index is 1.84. The van der Waals surface area contributed by atoms with Gasteiger partial charge in [-0.05, 0) is 74.2 Å². The van der Waals surface area contributed by atoms with Crippen molar-refractivity contribution in [2.75, 3.05) is 26.7 Å². The van der Waals surface area contributed by atoms with Crippen molar-refractivity contribution in [3.8, 4) is 11.5 Å². The summed E-state index contributed by atoms with van der Waals surface area (Å²) in [5, 5.41) is 9.53. The number of benzene rings is 1. The quantitative estimate of drug-likeness (QED) is 0.612. The zero-order valence-electron chi connectivity index (χ0n) is 14.3. The van der Waals surface area contributed by atoms with E-state index in [9.17, 15) is 19.5 Å². The van der Waals surface area contributed by atoms with Gasteiger partial charge in [-0.3, -0.25) is 19.3 Å². The number of carbonyl (C=O) groups is 3. The zero-order chi connectivity index (χ0) is 19.7. The second-order valence-corrected chi connectivity index (χ2v) is 8.58. The molecule has 0 spiro atoms. The van der Waals surface area contributed by atoms with Crippen molar-refractivity contribution in [1.82, 2.24) is 9.80 Å². The van der Waals surface area contributed by atoms with Crippen molar-refractivity contribution in [3.63, 3.8) is 0 Å². The third-order valence-corrected chi connectivity index (χ3v) is 7.37. The number of imide groups is 1. The normalized spacial score (nSPS) is 18.7. The molecule has 2 aliphatic rings. The molecule has 1 aromatic rings. The molecule has 144 valence electrons. The van der Waals surface area contributed by atoms with E-state index >= 15 is 0 Å². The second-order valence-electron chi connectivity index (χ2n) is 6.00. The van der Waals surface area contributed by atoms with Gasteiger partial charge in [0.25, 0.3) is 11.1 Å². The SMILES string of the molecule is COc1cc(/C=C2\SC(=O)N(CC(=O)N3CCCC3)C2=O)c(Br)c(Br)c1O. The molecule has 0 unspecified atom stereocenters. The number of hydrogen-bond acceptors (Lipinski definition) is 6. The number of carbonyl (C=O) groups excluding carboxylic acids is 3. The molecule has 3 rings (SSSR count). The molecular formula is C17H16Br2N2O5S. The highest BCUT2D eigenvalue weighted by atomic mass is 79.9. The summed E-state index contributed by atoms with van der Waals surface area (Å²) < 4.78 is 6.00. The molecule has 0 saturated carbocycles. The molecular weight excluding hydrogens is 504 g/mol. The first-order chi connectivity index (χ1) is 12.8. The Morgan fingerprint density at radius 1 is 1.30 bits per heavy atom. The fourth-order valence-corrected chi connectivity index (χ4v) is 4.52. The molecule has 7 nitrogen and oxygen atoms in total. The Kier molecular flexibility index (Phi) is 6.17. The number of halogens is 2. The number of likely N-dealkylation sites (tertiary alicyclic amines) is 1. The van der Waals surface area contributed by atoms with Crippen LogP contribution in [-0.4, -0.2) is 58.7 Å². The predicted molar refractivity (Wildman–Crippen MR) is 109 cm³/mol. The first-order valence-corrected chi connectivity index (χ1v) is 10.5. The second kappa shape index (κ2) is 8.24. The lowest BCUT2D eigenvalue weighted by atomic mass is 10.2. The molecule has 3 amide bonds. The minimum absolute atomic E-state index is 0.0779.